The van der Waals surface area contributed by atoms with E-state index in [1.807, 2.05) is 4.90 Å². The minimum Gasteiger partial charge on any atom is -0.342 e. The maximum atomic E-state index is 12.9. The quantitative estimate of drug-likeness (QED) is 0.865. The van der Waals surface area contributed by atoms with Gasteiger partial charge in [-0.1, -0.05) is 26.2 Å². The molecule has 1 heterocycles. The zero-order chi connectivity index (χ0) is 15.0. The molecular formula is C17H28N2O2. The summed E-state index contributed by atoms with van der Waals surface area (Å²) in [5.41, 5.74) is 0. The van der Waals surface area contributed by atoms with E-state index in [0.29, 0.717) is 11.8 Å². The van der Waals surface area contributed by atoms with Crippen molar-refractivity contribution in [2.24, 2.45) is 11.8 Å². The summed E-state index contributed by atoms with van der Waals surface area (Å²) in [4.78, 5) is 27.6. The maximum Gasteiger partial charge on any atom is 0.246 e. The van der Waals surface area contributed by atoms with Crippen LogP contribution < -0.4 is 5.32 Å². The summed E-state index contributed by atoms with van der Waals surface area (Å²) in [6.07, 6.45) is 8.93. The van der Waals surface area contributed by atoms with E-state index in [-0.39, 0.29) is 29.9 Å². The average molecular weight is 292 g/mol. The van der Waals surface area contributed by atoms with Crippen molar-refractivity contribution in [3.8, 4) is 0 Å². The van der Waals surface area contributed by atoms with E-state index in [9.17, 15) is 9.59 Å². The molecule has 4 heteroatoms. The highest BCUT2D eigenvalue weighted by molar-refractivity contribution is 5.97. The van der Waals surface area contributed by atoms with Gasteiger partial charge in [-0.05, 0) is 50.9 Å². The van der Waals surface area contributed by atoms with Crippen LogP contribution in [0.3, 0.4) is 0 Å². The normalized spacial score (nSPS) is 33.0. The molecule has 3 rings (SSSR count). The molecule has 2 amide bonds. The highest BCUT2D eigenvalue weighted by Crippen LogP contribution is 2.38. The first-order valence-electron chi connectivity index (χ1n) is 8.76. The second-order valence-electron chi connectivity index (χ2n) is 7.17. The third-order valence-corrected chi connectivity index (χ3v) is 5.64. The molecule has 3 unspecified atom stereocenters. The van der Waals surface area contributed by atoms with Gasteiger partial charge < -0.3 is 10.2 Å². The lowest BCUT2D eigenvalue weighted by Gasteiger charge is -2.46. The number of amides is 2. The SMILES string of the molecule is CCC(C)N1C(=O)C(C2CC2)NC(=O)C1C1CCCCC1. The van der Waals surface area contributed by atoms with Gasteiger partial charge in [-0.25, -0.2) is 0 Å². The molecule has 21 heavy (non-hydrogen) atoms. The lowest BCUT2D eigenvalue weighted by Crippen LogP contribution is -2.67. The van der Waals surface area contributed by atoms with Gasteiger partial charge in [0.25, 0.3) is 0 Å². The van der Waals surface area contributed by atoms with E-state index in [2.05, 4.69) is 19.2 Å². The van der Waals surface area contributed by atoms with Crippen LogP contribution >= 0.6 is 0 Å². The summed E-state index contributed by atoms with van der Waals surface area (Å²) in [6.45, 7) is 4.20. The van der Waals surface area contributed by atoms with Gasteiger partial charge in [-0.15, -0.1) is 0 Å². The smallest absolute Gasteiger partial charge is 0.246 e. The van der Waals surface area contributed by atoms with E-state index in [1.54, 1.807) is 0 Å². The van der Waals surface area contributed by atoms with Gasteiger partial charge in [0.2, 0.25) is 11.8 Å². The molecule has 1 N–H and O–H groups in total. The Labute approximate surface area is 127 Å². The number of nitrogens with zero attached hydrogens (tertiary/aromatic N) is 1. The molecular weight excluding hydrogens is 264 g/mol. The largest absolute Gasteiger partial charge is 0.342 e. The Kier molecular flexibility index (Phi) is 4.23. The highest BCUT2D eigenvalue weighted by Gasteiger charge is 2.50. The second kappa shape index (κ2) is 5.98. The number of carbonyl (C=O) groups excluding carboxylic acids is 2. The van der Waals surface area contributed by atoms with Crippen LogP contribution in [0.25, 0.3) is 0 Å². The summed E-state index contributed by atoms with van der Waals surface area (Å²) in [6, 6.07) is -0.300. The Balaban J connectivity index is 1.84. The predicted octanol–water partition coefficient (Wildman–Crippen LogP) is 2.47. The van der Waals surface area contributed by atoms with Crippen molar-refractivity contribution in [3.05, 3.63) is 0 Å². The number of nitrogens with one attached hydrogen (secondary N) is 1. The third-order valence-electron chi connectivity index (χ3n) is 5.64. The monoisotopic (exact) mass is 292 g/mol. The van der Waals surface area contributed by atoms with Gasteiger partial charge in [0.15, 0.2) is 0 Å². The Morgan fingerprint density at radius 1 is 1.10 bits per heavy atom. The van der Waals surface area contributed by atoms with E-state index in [0.717, 1.165) is 32.1 Å². The molecule has 0 aromatic carbocycles. The molecule has 3 fully saturated rings. The van der Waals surface area contributed by atoms with Crippen molar-refractivity contribution in [1.82, 2.24) is 10.2 Å². The van der Waals surface area contributed by atoms with E-state index < -0.39 is 0 Å². The van der Waals surface area contributed by atoms with Crippen LogP contribution in [0.4, 0.5) is 0 Å². The standard InChI is InChI=1S/C17H28N2O2/c1-3-11(2)19-15(13-7-5-4-6-8-13)16(20)18-14(17(19)21)12-9-10-12/h11-15H,3-10H2,1-2H3,(H,18,20). The molecule has 4 nitrogen and oxygen atoms in total. The molecule has 3 atom stereocenters. The van der Waals surface area contributed by atoms with Gasteiger partial charge in [0, 0.05) is 6.04 Å². The fourth-order valence-corrected chi connectivity index (χ4v) is 4.05. The highest BCUT2D eigenvalue weighted by atomic mass is 16.2. The maximum absolute atomic E-state index is 12.9. The molecule has 2 aliphatic carbocycles. The number of hydrogen-bond donors (Lipinski definition) is 1. The van der Waals surface area contributed by atoms with Crippen LogP contribution in [0, 0.1) is 11.8 Å². The van der Waals surface area contributed by atoms with Crippen molar-refractivity contribution < 1.29 is 9.59 Å². The zero-order valence-electron chi connectivity index (χ0n) is 13.3. The molecule has 118 valence electrons. The number of hydrogen-bond acceptors (Lipinski definition) is 2. The van der Waals surface area contributed by atoms with Crippen molar-refractivity contribution in [1.29, 1.82) is 0 Å². The Hall–Kier alpha value is -1.06. The zero-order valence-corrected chi connectivity index (χ0v) is 13.3. The molecule has 1 aliphatic heterocycles. The molecule has 2 saturated carbocycles. The molecule has 0 radical (unpaired) electrons. The van der Waals surface area contributed by atoms with E-state index >= 15 is 0 Å². The topological polar surface area (TPSA) is 49.4 Å². The molecule has 0 bridgehead atoms. The second-order valence-corrected chi connectivity index (χ2v) is 7.17. The minimum absolute atomic E-state index is 0.110. The summed E-state index contributed by atoms with van der Waals surface area (Å²) >= 11 is 0. The Morgan fingerprint density at radius 2 is 1.76 bits per heavy atom. The fourth-order valence-electron chi connectivity index (χ4n) is 4.05. The summed E-state index contributed by atoms with van der Waals surface area (Å²) in [5, 5.41) is 3.05. The van der Waals surface area contributed by atoms with Gasteiger partial charge in [-0.3, -0.25) is 9.59 Å². The lowest BCUT2D eigenvalue weighted by atomic mass is 9.80. The van der Waals surface area contributed by atoms with Crippen LogP contribution in [-0.4, -0.2) is 34.8 Å². The Morgan fingerprint density at radius 3 is 2.33 bits per heavy atom. The number of piperazine rings is 1. The van der Waals surface area contributed by atoms with E-state index in [1.165, 1.54) is 19.3 Å². The molecule has 0 aromatic heterocycles. The van der Waals surface area contributed by atoms with E-state index in [4.69, 9.17) is 0 Å². The minimum atomic E-state index is -0.244. The van der Waals surface area contributed by atoms with Gasteiger partial charge >= 0.3 is 0 Å². The summed E-state index contributed by atoms with van der Waals surface area (Å²) in [7, 11) is 0. The predicted molar refractivity (Wildman–Crippen MR) is 81.6 cm³/mol. The van der Waals surface area contributed by atoms with Crippen molar-refractivity contribution in [2.45, 2.75) is 83.3 Å². The van der Waals surface area contributed by atoms with Crippen molar-refractivity contribution >= 4 is 11.8 Å². The third kappa shape index (κ3) is 2.82. The van der Waals surface area contributed by atoms with Crippen molar-refractivity contribution in [3.63, 3.8) is 0 Å². The van der Waals surface area contributed by atoms with Gasteiger partial charge in [-0.2, -0.15) is 0 Å². The average Bonchev–Trinajstić information content (AvgIpc) is 3.33. The Bertz CT molecular complexity index is 413. The van der Waals surface area contributed by atoms with Crippen LogP contribution in [0.5, 0.6) is 0 Å². The van der Waals surface area contributed by atoms with Gasteiger partial charge in [0.1, 0.15) is 12.1 Å². The summed E-state index contributed by atoms with van der Waals surface area (Å²) < 4.78 is 0. The van der Waals surface area contributed by atoms with Crippen LogP contribution in [0.15, 0.2) is 0 Å². The van der Waals surface area contributed by atoms with Crippen LogP contribution in [0.2, 0.25) is 0 Å². The van der Waals surface area contributed by atoms with Gasteiger partial charge in [0.05, 0.1) is 0 Å². The lowest BCUT2D eigenvalue weighted by molar-refractivity contribution is -0.155. The molecule has 0 spiro atoms. The van der Waals surface area contributed by atoms with Crippen molar-refractivity contribution in [2.75, 3.05) is 0 Å². The van der Waals surface area contributed by atoms with Crippen LogP contribution in [-0.2, 0) is 9.59 Å². The first-order chi connectivity index (χ1) is 10.1. The number of rotatable bonds is 4. The summed E-state index contributed by atoms with van der Waals surface area (Å²) in [5.74, 6) is 1.04. The first kappa shape index (κ1) is 14.9. The fraction of sp³-hybridized carbons (Fsp3) is 0.882. The molecule has 0 aromatic rings. The number of carbonyl (C=O) groups is 2. The molecule has 1 saturated heterocycles. The molecule has 3 aliphatic rings. The first-order valence-corrected chi connectivity index (χ1v) is 8.76. The van der Waals surface area contributed by atoms with Crippen LogP contribution in [0.1, 0.15) is 65.2 Å².